The zero-order valence-corrected chi connectivity index (χ0v) is 6.42. The van der Waals surface area contributed by atoms with Crippen LogP contribution in [-0.2, 0) is 5.54 Å². The summed E-state index contributed by atoms with van der Waals surface area (Å²) in [5, 5.41) is 3.87. The smallest absolute Gasteiger partial charge is 0.124 e. The molecular formula is C8H12N2O. The SMILES string of the molecule is NC1(c2ccon2)CCCC1. The summed E-state index contributed by atoms with van der Waals surface area (Å²) in [6.45, 7) is 0. The quantitative estimate of drug-likeness (QED) is 0.661. The van der Waals surface area contributed by atoms with E-state index >= 15 is 0 Å². The van der Waals surface area contributed by atoms with E-state index in [4.69, 9.17) is 10.3 Å². The van der Waals surface area contributed by atoms with Crippen molar-refractivity contribution in [3.05, 3.63) is 18.0 Å². The molecule has 1 fully saturated rings. The Morgan fingerprint density at radius 3 is 2.73 bits per heavy atom. The Morgan fingerprint density at radius 2 is 2.18 bits per heavy atom. The molecule has 0 aromatic carbocycles. The Kier molecular flexibility index (Phi) is 1.46. The highest BCUT2D eigenvalue weighted by molar-refractivity contribution is 5.12. The van der Waals surface area contributed by atoms with Crippen molar-refractivity contribution < 1.29 is 4.52 Å². The van der Waals surface area contributed by atoms with Gasteiger partial charge in [-0.3, -0.25) is 0 Å². The Morgan fingerprint density at radius 1 is 1.45 bits per heavy atom. The third-order valence-corrected chi connectivity index (χ3v) is 2.44. The molecule has 0 bridgehead atoms. The minimum atomic E-state index is -0.187. The molecule has 3 nitrogen and oxygen atoms in total. The van der Waals surface area contributed by atoms with Crippen LogP contribution in [0.3, 0.4) is 0 Å². The van der Waals surface area contributed by atoms with Gasteiger partial charge < -0.3 is 10.3 Å². The minimum absolute atomic E-state index is 0.187. The van der Waals surface area contributed by atoms with Crippen molar-refractivity contribution in [3.8, 4) is 0 Å². The minimum Gasteiger partial charge on any atom is -0.364 e. The summed E-state index contributed by atoms with van der Waals surface area (Å²) >= 11 is 0. The maximum atomic E-state index is 6.10. The van der Waals surface area contributed by atoms with E-state index in [2.05, 4.69) is 5.16 Å². The van der Waals surface area contributed by atoms with Crippen LogP contribution >= 0.6 is 0 Å². The zero-order chi connectivity index (χ0) is 7.73. The predicted molar refractivity (Wildman–Crippen MR) is 40.8 cm³/mol. The summed E-state index contributed by atoms with van der Waals surface area (Å²) < 4.78 is 4.76. The van der Waals surface area contributed by atoms with Crippen molar-refractivity contribution in [2.75, 3.05) is 0 Å². The van der Waals surface area contributed by atoms with Gasteiger partial charge in [-0.2, -0.15) is 0 Å². The van der Waals surface area contributed by atoms with Crippen LogP contribution < -0.4 is 5.73 Å². The van der Waals surface area contributed by atoms with Gasteiger partial charge in [0.05, 0.1) is 5.54 Å². The van der Waals surface area contributed by atoms with Gasteiger partial charge in [-0.1, -0.05) is 18.0 Å². The van der Waals surface area contributed by atoms with E-state index in [1.54, 1.807) is 6.26 Å². The van der Waals surface area contributed by atoms with Crippen LogP contribution in [-0.4, -0.2) is 5.16 Å². The summed E-state index contributed by atoms with van der Waals surface area (Å²) in [6, 6.07) is 1.87. The second-order valence-electron chi connectivity index (χ2n) is 3.25. The maximum absolute atomic E-state index is 6.10. The van der Waals surface area contributed by atoms with E-state index in [9.17, 15) is 0 Å². The van der Waals surface area contributed by atoms with E-state index in [0.29, 0.717) is 0 Å². The van der Waals surface area contributed by atoms with E-state index in [0.717, 1.165) is 18.5 Å². The highest BCUT2D eigenvalue weighted by Gasteiger charge is 2.33. The molecule has 0 spiro atoms. The molecule has 0 amide bonds. The Balaban J connectivity index is 2.27. The van der Waals surface area contributed by atoms with Gasteiger partial charge in [-0.25, -0.2) is 0 Å². The van der Waals surface area contributed by atoms with Gasteiger partial charge in [0.1, 0.15) is 12.0 Å². The highest BCUT2D eigenvalue weighted by atomic mass is 16.5. The largest absolute Gasteiger partial charge is 0.364 e. The lowest BCUT2D eigenvalue weighted by Gasteiger charge is -2.19. The van der Waals surface area contributed by atoms with E-state index < -0.39 is 0 Å². The highest BCUT2D eigenvalue weighted by Crippen LogP contribution is 2.34. The Bertz CT molecular complexity index is 224. The monoisotopic (exact) mass is 152 g/mol. The molecule has 11 heavy (non-hydrogen) atoms. The molecule has 1 heterocycles. The van der Waals surface area contributed by atoms with Gasteiger partial charge >= 0.3 is 0 Å². The van der Waals surface area contributed by atoms with E-state index in [1.807, 2.05) is 6.07 Å². The Labute approximate surface area is 65.6 Å². The fourth-order valence-electron chi connectivity index (χ4n) is 1.73. The molecule has 1 aliphatic carbocycles. The van der Waals surface area contributed by atoms with Crippen LogP contribution in [0.4, 0.5) is 0 Å². The average molecular weight is 152 g/mol. The third kappa shape index (κ3) is 1.05. The molecule has 0 aliphatic heterocycles. The van der Waals surface area contributed by atoms with Gasteiger partial charge in [-0.15, -0.1) is 0 Å². The third-order valence-electron chi connectivity index (χ3n) is 2.44. The van der Waals surface area contributed by atoms with Crippen molar-refractivity contribution in [1.29, 1.82) is 0 Å². The number of rotatable bonds is 1. The molecule has 2 rings (SSSR count). The summed E-state index contributed by atoms with van der Waals surface area (Å²) in [6.07, 6.45) is 6.09. The van der Waals surface area contributed by atoms with Crippen molar-refractivity contribution in [2.24, 2.45) is 5.73 Å². The van der Waals surface area contributed by atoms with Crippen LogP contribution in [0, 0.1) is 0 Å². The van der Waals surface area contributed by atoms with Gasteiger partial charge in [0.25, 0.3) is 0 Å². The number of nitrogens with two attached hydrogens (primary N) is 1. The zero-order valence-electron chi connectivity index (χ0n) is 6.42. The number of hydrogen-bond acceptors (Lipinski definition) is 3. The van der Waals surface area contributed by atoms with Gasteiger partial charge in [-0.05, 0) is 12.8 Å². The fraction of sp³-hybridized carbons (Fsp3) is 0.625. The van der Waals surface area contributed by atoms with Crippen molar-refractivity contribution >= 4 is 0 Å². The first-order chi connectivity index (χ1) is 5.31. The summed E-state index contributed by atoms with van der Waals surface area (Å²) in [7, 11) is 0. The second kappa shape index (κ2) is 2.34. The van der Waals surface area contributed by atoms with E-state index in [1.165, 1.54) is 12.8 Å². The van der Waals surface area contributed by atoms with Crippen molar-refractivity contribution in [2.45, 2.75) is 31.2 Å². The lowest BCUT2D eigenvalue weighted by molar-refractivity contribution is 0.368. The molecule has 0 radical (unpaired) electrons. The number of hydrogen-bond donors (Lipinski definition) is 1. The van der Waals surface area contributed by atoms with Crippen LogP contribution in [0.15, 0.2) is 16.9 Å². The molecule has 2 N–H and O–H groups in total. The topological polar surface area (TPSA) is 52.0 Å². The van der Waals surface area contributed by atoms with Crippen molar-refractivity contribution in [1.82, 2.24) is 5.16 Å². The van der Waals surface area contributed by atoms with Crippen molar-refractivity contribution in [3.63, 3.8) is 0 Å². The fourth-order valence-corrected chi connectivity index (χ4v) is 1.73. The van der Waals surface area contributed by atoms with Gasteiger partial charge in [0.15, 0.2) is 0 Å². The van der Waals surface area contributed by atoms with Crippen LogP contribution in [0.25, 0.3) is 0 Å². The molecule has 1 aliphatic rings. The van der Waals surface area contributed by atoms with Crippen LogP contribution in [0.5, 0.6) is 0 Å². The van der Waals surface area contributed by atoms with Gasteiger partial charge in [0, 0.05) is 6.07 Å². The summed E-state index contributed by atoms with van der Waals surface area (Å²) in [4.78, 5) is 0. The molecule has 1 saturated carbocycles. The molecule has 0 atom stereocenters. The van der Waals surface area contributed by atoms with Gasteiger partial charge in [0.2, 0.25) is 0 Å². The lowest BCUT2D eigenvalue weighted by Crippen LogP contribution is -2.33. The molecule has 0 saturated heterocycles. The molecule has 1 aromatic rings. The molecule has 1 aromatic heterocycles. The average Bonchev–Trinajstić information content (AvgIpc) is 2.55. The number of nitrogens with zero attached hydrogens (tertiary/aromatic N) is 1. The first kappa shape index (κ1) is 6.85. The van der Waals surface area contributed by atoms with Crippen LogP contribution in [0.2, 0.25) is 0 Å². The first-order valence-electron chi connectivity index (χ1n) is 4.01. The molecular weight excluding hydrogens is 140 g/mol. The Hall–Kier alpha value is -0.830. The molecule has 0 unspecified atom stereocenters. The molecule has 60 valence electrons. The standard InChI is InChI=1S/C8H12N2O/c9-8(4-1-2-5-8)7-3-6-11-10-7/h3,6H,1-2,4-5,9H2. The predicted octanol–water partition coefficient (Wildman–Crippen LogP) is 1.40. The number of aromatic nitrogens is 1. The summed E-state index contributed by atoms with van der Waals surface area (Å²) in [5.74, 6) is 0. The maximum Gasteiger partial charge on any atom is 0.124 e. The normalized spacial score (nSPS) is 22.3. The lowest BCUT2D eigenvalue weighted by atomic mass is 9.95. The van der Waals surface area contributed by atoms with Crippen LogP contribution in [0.1, 0.15) is 31.4 Å². The summed E-state index contributed by atoms with van der Waals surface area (Å²) in [5.41, 5.74) is 6.83. The van der Waals surface area contributed by atoms with E-state index in [-0.39, 0.29) is 5.54 Å². The molecule has 3 heteroatoms. The first-order valence-corrected chi connectivity index (χ1v) is 4.01. The second-order valence-corrected chi connectivity index (χ2v) is 3.25.